The van der Waals surface area contributed by atoms with Crippen LogP contribution >= 0.6 is 11.3 Å². The number of aromatic nitrogens is 1. The smallest absolute Gasteiger partial charge is 0.220 e. The number of hydrogen-bond acceptors (Lipinski definition) is 5. The van der Waals surface area contributed by atoms with Gasteiger partial charge in [0.25, 0.3) is 0 Å². The minimum absolute atomic E-state index is 0.0351. The normalized spacial score (nSPS) is 18.6. The van der Waals surface area contributed by atoms with Gasteiger partial charge in [-0.2, -0.15) is 0 Å². The van der Waals surface area contributed by atoms with Crippen molar-refractivity contribution < 1.29 is 13.2 Å². The van der Waals surface area contributed by atoms with Gasteiger partial charge in [0.1, 0.15) is 0 Å². The molecule has 0 fully saturated rings. The quantitative estimate of drug-likeness (QED) is 0.856. The molecule has 3 rings (SSSR count). The van der Waals surface area contributed by atoms with Crippen molar-refractivity contribution in [1.82, 2.24) is 10.3 Å². The molecule has 1 aliphatic heterocycles. The van der Waals surface area contributed by atoms with Gasteiger partial charge in [-0.05, 0) is 0 Å². The van der Waals surface area contributed by atoms with Crippen LogP contribution < -0.4 is 5.32 Å². The van der Waals surface area contributed by atoms with Crippen LogP contribution in [0.25, 0.3) is 11.3 Å². The van der Waals surface area contributed by atoms with E-state index in [1.165, 1.54) is 5.41 Å². The molecule has 0 saturated heterocycles. The van der Waals surface area contributed by atoms with Gasteiger partial charge in [-0.25, -0.2) is 13.4 Å². The van der Waals surface area contributed by atoms with Gasteiger partial charge < -0.3 is 5.32 Å². The van der Waals surface area contributed by atoms with Crippen molar-refractivity contribution in [3.8, 4) is 11.3 Å². The molecule has 1 atom stereocenters. The maximum Gasteiger partial charge on any atom is 0.220 e. The number of amides is 1. The molecule has 0 aliphatic carbocycles. The minimum atomic E-state index is -3.10. The maximum atomic E-state index is 11.9. The highest BCUT2D eigenvalue weighted by atomic mass is 32.2. The lowest BCUT2D eigenvalue weighted by Gasteiger charge is -2.07. The predicted molar refractivity (Wildman–Crippen MR) is 95.3 cm³/mol. The lowest BCUT2D eigenvalue weighted by atomic mass is 10.1. The SMILES string of the molecule is O=C(CC1C=CS(=O)(=O)C1)NCCc1nc(-c2ccccc2)cs1. The lowest BCUT2D eigenvalue weighted by molar-refractivity contribution is -0.121. The summed E-state index contributed by atoms with van der Waals surface area (Å²) in [6, 6.07) is 9.96. The van der Waals surface area contributed by atoms with Crippen molar-refractivity contribution in [3.05, 3.63) is 52.2 Å². The molecular formula is C17H18N2O3S2. The first kappa shape index (κ1) is 16.9. The second-order valence-corrected chi connectivity index (χ2v) is 8.59. The van der Waals surface area contributed by atoms with Crippen LogP contribution in [-0.2, 0) is 21.1 Å². The Balaban J connectivity index is 1.44. The summed E-state index contributed by atoms with van der Waals surface area (Å²) in [6.07, 6.45) is 2.48. The highest BCUT2D eigenvalue weighted by Gasteiger charge is 2.23. The van der Waals surface area contributed by atoms with E-state index in [4.69, 9.17) is 0 Å². The second-order valence-electron chi connectivity index (χ2n) is 5.71. The van der Waals surface area contributed by atoms with E-state index < -0.39 is 9.84 Å². The van der Waals surface area contributed by atoms with Crippen molar-refractivity contribution in [2.75, 3.05) is 12.3 Å². The molecule has 2 aromatic rings. The van der Waals surface area contributed by atoms with Crippen molar-refractivity contribution in [2.45, 2.75) is 12.8 Å². The summed E-state index contributed by atoms with van der Waals surface area (Å²) < 4.78 is 22.6. The Morgan fingerprint density at radius 3 is 2.79 bits per heavy atom. The highest BCUT2D eigenvalue weighted by molar-refractivity contribution is 7.94. The topological polar surface area (TPSA) is 76.1 Å². The van der Waals surface area contributed by atoms with E-state index in [1.54, 1.807) is 17.4 Å². The summed E-state index contributed by atoms with van der Waals surface area (Å²) in [4.78, 5) is 16.4. The molecule has 2 heterocycles. The van der Waals surface area contributed by atoms with Crippen LogP contribution in [0.3, 0.4) is 0 Å². The molecule has 1 unspecified atom stereocenters. The first-order chi connectivity index (χ1) is 11.5. The summed E-state index contributed by atoms with van der Waals surface area (Å²) in [5.41, 5.74) is 2.03. The van der Waals surface area contributed by atoms with Crippen molar-refractivity contribution in [3.63, 3.8) is 0 Å². The molecule has 1 aliphatic rings. The number of nitrogens with one attached hydrogen (secondary N) is 1. The number of sulfone groups is 1. The third kappa shape index (κ3) is 4.52. The van der Waals surface area contributed by atoms with E-state index in [0.717, 1.165) is 16.3 Å². The van der Waals surface area contributed by atoms with Gasteiger partial charge in [-0.15, -0.1) is 11.3 Å². The standard InChI is InChI=1S/C17H18N2O3S2/c20-16(10-13-7-9-24(21,22)12-13)18-8-6-17-19-15(11-23-17)14-4-2-1-3-5-14/h1-5,7,9,11,13H,6,8,10,12H2,(H,18,20). The molecular weight excluding hydrogens is 344 g/mol. The number of carbonyl (C=O) groups excluding carboxylic acids is 1. The molecule has 24 heavy (non-hydrogen) atoms. The monoisotopic (exact) mass is 362 g/mol. The van der Waals surface area contributed by atoms with Gasteiger partial charge in [0.2, 0.25) is 5.91 Å². The van der Waals surface area contributed by atoms with E-state index in [0.29, 0.717) is 13.0 Å². The average Bonchev–Trinajstić information content (AvgIpc) is 3.15. The Hall–Kier alpha value is -1.99. The summed E-state index contributed by atoms with van der Waals surface area (Å²) in [6.45, 7) is 0.504. The van der Waals surface area contributed by atoms with Crippen molar-refractivity contribution in [1.29, 1.82) is 0 Å². The van der Waals surface area contributed by atoms with Crippen LogP contribution in [0.15, 0.2) is 47.2 Å². The Morgan fingerprint density at radius 1 is 1.29 bits per heavy atom. The molecule has 0 radical (unpaired) electrons. The molecule has 1 aromatic carbocycles. The Kier molecular flexibility index (Phi) is 5.11. The summed E-state index contributed by atoms with van der Waals surface area (Å²) in [7, 11) is -3.10. The van der Waals surface area contributed by atoms with E-state index in [-0.39, 0.29) is 24.0 Å². The van der Waals surface area contributed by atoms with E-state index in [9.17, 15) is 13.2 Å². The zero-order valence-electron chi connectivity index (χ0n) is 13.0. The molecule has 1 aromatic heterocycles. The van der Waals surface area contributed by atoms with Crippen molar-refractivity contribution in [2.24, 2.45) is 5.92 Å². The van der Waals surface area contributed by atoms with Crippen LogP contribution in [0.2, 0.25) is 0 Å². The molecule has 0 spiro atoms. The lowest BCUT2D eigenvalue weighted by Crippen LogP contribution is -2.27. The fourth-order valence-corrected chi connectivity index (χ4v) is 4.76. The van der Waals surface area contributed by atoms with Gasteiger partial charge in [-0.3, -0.25) is 4.79 Å². The zero-order chi connectivity index (χ0) is 17.0. The number of nitrogens with zero attached hydrogens (tertiary/aromatic N) is 1. The molecule has 5 nitrogen and oxygen atoms in total. The van der Waals surface area contributed by atoms with Crippen LogP contribution in [-0.4, -0.2) is 31.6 Å². The van der Waals surface area contributed by atoms with E-state index in [2.05, 4.69) is 10.3 Å². The fraction of sp³-hybridized carbons (Fsp3) is 0.294. The third-order valence-corrected chi connectivity index (χ3v) is 6.11. The Labute approximate surface area is 145 Å². The molecule has 0 saturated carbocycles. The number of rotatable bonds is 6. The van der Waals surface area contributed by atoms with Crippen LogP contribution in [0, 0.1) is 5.92 Å². The van der Waals surface area contributed by atoms with Crippen molar-refractivity contribution >= 4 is 27.1 Å². The third-order valence-electron chi connectivity index (χ3n) is 3.73. The minimum Gasteiger partial charge on any atom is -0.356 e. The van der Waals surface area contributed by atoms with Gasteiger partial charge in [0.05, 0.1) is 16.5 Å². The number of carbonyl (C=O) groups is 1. The molecule has 7 heteroatoms. The summed E-state index contributed by atoms with van der Waals surface area (Å²) in [5, 5.41) is 7.02. The number of benzene rings is 1. The van der Waals surface area contributed by atoms with Gasteiger partial charge >= 0.3 is 0 Å². The average molecular weight is 362 g/mol. The highest BCUT2D eigenvalue weighted by Crippen LogP contribution is 2.21. The molecule has 1 amide bonds. The number of thiazole rings is 1. The summed E-state index contributed by atoms with van der Waals surface area (Å²) in [5.74, 6) is -0.297. The van der Waals surface area contributed by atoms with Gasteiger partial charge in [0.15, 0.2) is 9.84 Å². The van der Waals surface area contributed by atoms with Crippen LogP contribution in [0.4, 0.5) is 0 Å². The molecule has 0 bridgehead atoms. The van der Waals surface area contributed by atoms with E-state index in [1.807, 2.05) is 35.7 Å². The largest absolute Gasteiger partial charge is 0.356 e. The number of allylic oxidation sites excluding steroid dienone is 1. The van der Waals surface area contributed by atoms with Crippen LogP contribution in [0.1, 0.15) is 11.4 Å². The fourth-order valence-electron chi connectivity index (χ4n) is 2.55. The van der Waals surface area contributed by atoms with Crippen LogP contribution in [0.5, 0.6) is 0 Å². The van der Waals surface area contributed by atoms with E-state index >= 15 is 0 Å². The summed E-state index contributed by atoms with van der Waals surface area (Å²) >= 11 is 1.58. The Bertz CT molecular complexity index is 842. The van der Waals surface area contributed by atoms with Gasteiger partial charge in [-0.1, -0.05) is 36.4 Å². The number of hydrogen-bond donors (Lipinski definition) is 1. The second kappa shape index (κ2) is 7.27. The Morgan fingerprint density at radius 2 is 2.08 bits per heavy atom. The van der Waals surface area contributed by atoms with Gasteiger partial charge in [0, 0.05) is 41.7 Å². The maximum absolute atomic E-state index is 11.9. The first-order valence-electron chi connectivity index (χ1n) is 7.69. The first-order valence-corrected chi connectivity index (χ1v) is 10.3. The zero-order valence-corrected chi connectivity index (χ0v) is 14.6. The molecule has 126 valence electrons. The predicted octanol–water partition coefficient (Wildman–Crippen LogP) is 2.42. The molecule has 1 N–H and O–H groups in total.